The fourth-order valence-electron chi connectivity index (χ4n) is 4.52. The van der Waals surface area contributed by atoms with E-state index in [1.165, 1.54) is 18.5 Å². The van der Waals surface area contributed by atoms with E-state index in [-0.39, 0.29) is 35.9 Å². The van der Waals surface area contributed by atoms with Crippen LogP contribution in [0.2, 0.25) is 0 Å². The number of nitriles is 1. The zero-order valence-corrected chi connectivity index (χ0v) is 17.8. The average molecular weight is 449 g/mol. The first-order valence-corrected chi connectivity index (χ1v) is 10.4. The van der Waals surface area contributed by atoms with Crippen LogP contribution in [0.15, 0.2) is 41.1 Å². The molecule has 1 N–H and O–H groups in total. The van der Waals surface area contributed by atoms with E-state index in [9.17, 15) is 9.18 Å². The Kier molecular flexibility index (Phi) is 4.96. The first-order valence-electron chi connectivity index (χ1n) is 10.4. The van der Waals surface area contributed by atoms with Gasteiger partial charge in [-0.3, -0.25) is 9.78 Å². The summed E-state index contributed by atoms with van der Waals surface area (Å²) in [5.41, 5.74) is 0.415. The highest BCUT2D eigenvalue weighted by Gasteiger charge is 2.71. The van der Waals surface area contributed by atoms with Gasteiger partial charge in [0.25, 0.3) is 11.8 Å². The summed E-state index contributed by atoms with van der Waals surface area (Å²) in [5, 5.41) is 20.1. The maximum atomic E-state index is 13.6. The summed E-state index contributed by atoms with van der Waals surface area (Å²) in [6, 6.07) is 8.09. The van der Waals surface area contributed by atoms with Gasteiger partial charge in [0.1, 0.15) is 23.4 Å². The lowest BCUT2D eigenvalue weighted by atomic mass is 9.39. The van der Waals surface area contributed by atoms with Crippen molar-refractivity contribution in [3.63, 3.8) is 0 Å². The van der Waals surface area contributed by atoms with Gasteiger partial charge in [-0.05, 0) is 37.8 Å². The molecule has 33 heavy (non-hydrogen) atoms. The largest absolute Gasteiger partial charge is 0.484 e. The van der Waals surface area contributed by atoms with Crippen LogP contribution in [0.1, 0.15) is 42.2 Å². The molecule has 3 fully saturated rings. The number of ether oxygens (including phenoxy) is 2. The van der Waals surface area contributed by atoms with Crippen molar-refractivity contribution >= 4 is 5.91 Å². The molecule has 0 aliphatic heterocycles. The minimum Gasteiger partial charge on any atom is -0.484 e. The molecule has 3 aliphatic rings. The van der Waals surface area contributed by atoms with Crippen LogP contribution in [0, 0.1) is 24.1 Å². The molecule has 0 atom stereocenters. The average Bonchev–Trinajstić information content (AvgIpc) is 3.23. The van der Waals surface area contributed by atoms with Crippen molar-refractivity contribution < 1.29 is 23.1 Å². The number of pyridine rings is 1. The van der Waals surface area contributed by atoms with Crippen molar-refractivity contribution in [3.8, 4) is 17.6 Å². The fraction of sp³-hybridized carbons (Fsp3) is 0.348. The van der Waals surface area contributed by atoms with Crippen molar-refractivity contribution in [1.82, 2.24) is 20.5 Å². The van der Waals surface area contributed by atoms with Gasteiger partial charge < -0.3 is 19.2 Å². The topological polar surface area (TPSA) is 123 Å². The van der Waals surface area contributed by atoms with Crippen LogP contribution in [-0.2, 0) is 16.8 Å². The Morgan fingerprint density at radius 2 is 2.03 bits per heavy atom. The molecule has 6 rings (SSSR count). The summed E-state index contributed by atoms with van der Waals surface area (Å²) in [6.07, 6.45) is 5.08. The standard InChI is InChI=1S/C23H20FN5O4/c1-14-2-3-16(5-18(14)24)31-9-19(30)27-23-11-22(12-23,13-23)21-29-28-20(33-21)10-32-17-4-15(6-25)7-26-8-17/h2-5,7-8H,9-13H2,1H3,(H,27,30). The Hall–Kier alpha value is -4.00. The number of rotatable bonds is 8. The number of amides is 1. The number of benzene rings is 1. The van der Waals surface area contributed by atoms with Crippen LogP contribution in [0.4, 0.5) is 4.39 Å². The summed E-state index contributed by atoms with van der Waals surface area (Å²) < 4.78 is 30.3. The molecule has 0 spiro atoms. The molecule has 9 nitrogen and oxygen atoms in total. The second kappa shape index (κ2) is 7.85. The van der Waals surface area contributed by atoms with Crippen LogP contribution in [0.25, 0.3) is 0 Å². The summed E-state index contributed by atoms with van der Waals surface area (Å²) in [5.74, 6) is 0.999. The highest BCUT2D eigenvalue weighted by atomic mass is 19.1. The van der Waals surface area contributed by atoms with E-state index < -0.39 is 0 Å². The van der Waals surface area contributed by atoms with E-state index in [1.54, 1.807) is 25.1 Å². The molecule has 1 aromatic carbocycles. The highest BCUT2D eigenvalue weighted by Crippen LogP contribution is 2.67. The number of carbonyl (C=O) groups excluding carboxylic acids is 1. The molecule has 2 aromatic heterocycles. The minimum absolute atomic E-state index is 0.0679. The number of carbonyl (C=O) groups is 1. The van der Waals surface area contributed by atoms with Gasteiger partial charge in [0.05, 0.1) is 17.2 Å². The van der Waals surface area contributed by atoms with Crippen molar-refractivity contribution in [1.29, 1.82) is 5.26 Å². The van der Waals surface area contributed by atoms with Crippen LogP contribution in [-0.4, -0.2) is 33.2 Å². The maximum Gasteiger partial charge on any atom is 0.258 e. The van der Waals surface area contributed by atoms with Gasteiger partial charge in [-0.2, -0.15) is 5.26 Å². The van der Waals surface area contributed by atoms with Gasteiger partial charge in [-0.25, -0.2) is 4.39 Å². The van der Waals surface area contributed by atoms with Crippen LogP contribution in [0.5, 0.6) is 11.5 Å². The Balaban J connectivity index is 1.10. The molecule has 10 heteroatoms. The van der Waals surface area contributed by atoms with Gasteiger partial charge >= 0.3 is 0 Å². The zero-order valence-electron chi connectivity index (χ0n) is 17.8. The lowest BCUT2D eigenvalue weighted by Crippen LogP contribution is -2.77. The number of halogens is 1. The number of nitrogens with zero attached hydrogens (tertiary/aromatic N) is 4. The minimum atomic E-state index is -0.369. The smallest absolute Gasteiger partial charge is 0.258 e. The number of hydrogen-bond donors (Lipinski definition) is 1. The Morgan fingerprint density at radius 3 is 2.79 bits per heavy atom. The van der Waals surface area contributed by atoms with E-state index in [1.807, 2.05) is 6.07 Å². The predicted molar refractivity (Wildman–Crippen MR) is 111 cm³/mol. The lowest BCUT2D eigenvalue weighted by Gasteiger charge is -2.68. The molecule has 0 unspecified atom stereocenters. The monoisotopic (exact) mass is 449 g/mol. The summed E-state index contributed by atoms with van der Waals surface area (Å²) in [4.78, 5) is 16.2. The van der Waals surface area contributed by atoms with Crippen molar-refractivity contribution in [3.05, 3.63) is 65.4 Å². The van der Waals surface area contributed by atoms with Gasteiger partial charge in [0, 0.05) is 23.9 Å². The molecule has 3 aromatic rings. The van der Waals surface area contributed by atoms with Crippen LogP contribution >= 0.6 is 0 Å². The quantitative estimate of drug-likeness (QED) is 0.557. The molecule has 3 saturated carbocycles. The van der Waals surface area contributed by atoms with Crippen LogP contribution < -0.4 is 14.8 Å². The predicted octanol–water partition coefficient (Wildman–Crippen LogP) is 2.73. The molecule has 0 saturated heterocycles. The zero-order chi connectivity index (χ0) is 23.1. The third-order valence-corrected chi connectivity index (χ3v) is 6.07. The first kappa shape index (κ1) is 20.9. The molecule has 2 heterocycles. The fourth-order valence-corrected chi connectivity index (χ4v) is 4.52. The normalized spacial score (nSPS) is 22.5. The molecule has 1 amide bonds. The second-order valence-electron chi connectivity index (χ2n) is 8.65. The molecular formula is C23H20FN5O4. The third-order valence-electron chi connectivity index (χ3n) is 6.07. The number of nitrogens with one attached hydrogen (secondary N) is 1. The number of aromatic nitrogens is 3. The summed E-state index contributed by atoms with van der Waals surface area (Å²) in [6.45, 7) is 1.55. The molecular weight excluding hydrogens is 429 g/mol. The van der Waals surface area contributed by atoms with Gasteiger partial charge in [0.15, 0.2) is 13.2 Å². The first-order chi connectivity index (χ1) is 15.9. The SMILES string of the molecule is Cc1ccc(OCC(=O)NC23CC(c4nnc(COc5cncc(C#N)c5)o4)(C2)C3)cc1F. The van der Waals surface area contributed by atoms with Gasteiger partial charge in [0.2, 0.25) is 5.89 Å². The van der Waals surface area contributed by atoms with Crippen molar-refractivity contribution in [2.45, 2.75) is 43.7 Å². The van der Waals surface area contributed by atoms with E-state index in [0.717, 1.165) is 0 Å². The second-order valence-corrected chi connectivity index (χ2v) is 8.65. The van der Waals surface area contributed by atoms with Gasteiger partial charge in [-0.15, -0.1) is 10.2 Å². The summed E-state index contributed by atoms with van der Waals surface area (Å²) >= 11 is 0. The van der Waals surface area contributed by atoms with Crippen LogP contribution in [0.3, 0.4) is 0 Å². The molecule has 2 bridgehead atoms. The summed E-state index contributed by atoms with van der Waals surface area (Å²) in [7, 11) is 0. The van der Waals surface area contributed by atoms with Gasteiger partial charge in [-0.1, -0.05) is 6.07 Å². The van der Waals surface area contributed by atoms with E-state index in [2.05, 4.69) is 20.5 Å². The maximum absolute atomic E-state index is 13.6. The highest BCUT2D eigenvalue weighted by molar-refractivity contribution is 5.79. The Bertz CT molecular complexity index is 1250. The van der Waals surface area contributed by atoms with Crippen molar-refractivity contribution in [2.75, 3.05) is 6.61 Å². The molecule has 3 aliphatic carbocycles. The lowest BCUT2D eigenvalue weighted by molar-refractivity contribution is -0.143. The van der Waals surface area contributed by atoms with E-state index in [0.29, 0.717) is 53.7 Å². The van der Waals surface area contributed by atoms with E-state index >= 15 is 0 Å². The Morgan fingerprint density at radius 1 is 1.21 bits per heavy atom. The number of aryl methyl sites for hydroxylation is 1. The Labute approximate surface area is 188 Å². The van der Waals surface area contributed by atoms with E-state index in [4.69, 9.17) is 19.2 Å². The van der Waals surface area contributed by atoms with Crippen molar-refractivity contribution in [2.24, 2.45) is 0 Å². The number of hydrogen-bond acceptors (Lipinski definition) is 8. The third kappa shape index (κ3) is 3.98. The molecule has 168 valence electrons. The molecule has 0 radical (unpaired) electrons.